The van der Waals surface area contributed by atoms with Crippen molar-refractivity contribution in [2.24, 2.45) is 12.8 Å². The van der Waals surface area contributed by atoms with Gasteiger partial charge in [0.15, 0.2) is 0 Å². The van der Waals surface area contributed by atoms with Gasteiger partial charge >= 0.3 is 0 Å². The molecule has 2 N–H and O–H groups in total. The molecule has 0 aliphatic heterocycles. The predicted molar refractivity (Wildman–Crippen MR) is 86.8 cm³/mol. The molecule has 1 aromatic heterocycles. The highest BCUT2D eigenvalue weighted by Crippen LogP contribution is 2.30. The van der Waals surface area contributed by atoms with Gasteiger partial charge in [0.05, 0.1) is 15.9 Å². The van der Waals surface area contributed by atoms with E-state index in [1.807, 2.05) is 24.7 Å². The van der Waals surface area contributed by atoms with Gasteiger partial charge in [-0.3, -0.25) is 4.68 Å². The number of nitrogens with zero attached hydrogens (tertiary/aromatic N) is 2. The summed E-state index contributed by atoms with van der Waals surface area (Å²) in [6.07, 6.45) is 0.791. The maximum atomic E-state index is 6.50. The number of nitrogens with two attached hydrogens (primary N) is 1. The van der Waals surface area contributed by atoms with Crippen LogP contribution in [0.25, 0.3) is 0 Å². The van der Waals surface area contributed by atoms with Crippen LogP contribution in [0, 0.1) is 6.92 Å². The van der Waals surface area contributed by atoms with Crippen LogP contribution in [0.4, 0.5) is 0 Å². The molecule has 20 heavy (non-hydrogen) atoms. The minimum absolute atomic E-state index is 0.0241. The molecular formula is C16H22BrN3. The Bertz CT molecular complexity index is 587. The topological polar surface area (TPSA) is 43.8 Å². The van der Waals surface area contributed by atoms with Crippen molar-refractivity contribution >= 4 is 15.9 Å². The van der Waals surface area contributed by atoms with Crippen LogP contribution in [0.5, 0.6) is 0 Å². The summed E-state index contributed by atoms with van der Waals surface area (Å²) in [5, 5.41) is 4.43. The van der Waals surface area contributed by atoms with Crippen molar-refractivity contribution < 1.29 is 0 Å². The second-order valence-electron chi connectivity index (χ2n) is 5.87. The summed E-state index contributed by atoms with van der Waals surface area (Å²) in [4.78, 5) is 0. The Kier molecular flexibility index (Phi) is 4.35. The minimum Gasteiger partial charge on any atom is -0.327 e. The molecule has 0 amide bonds. The Morgan fingerprint density at radius 1 is 1.30 bits per heavy atom. The zero-order chi connectivity index (χ0) is 14.9. The zero-order valence-corrected chi connectivity index (χ0v) is 14.1. The minimum atomic E-state index is -0.0844. The van der Waals surface area contributed by atoms with Crippen LogP contribution in [0.15, 0.2) is 34.8 Å². The first-order chi connectivity index (χ1) is 9.34. The summed E-state index contributed by atoms with van der Waals surface area (Å²) in [5.74, 6) is 0. The summed E-state index contributed by atoms with van der Waals surface area (Å²) in [5.41, 5.74) is 9.84. The SMILES string of the molecule is Cc1nn(C)c(CC(N)C(C)(C)c2ccccc2)c1Br. The standard InChI is InChI=1S/C16H22BrN3/c1-11-15(17)13(20(4)19-11)10-14(18)16(2,3)12-8-6-5-7-9-12/h5-9,14H,10,18H2,1-4H3. The van der Waals surface area contributed by atoms with E-state index in [4.69, 9.17) is 5.73 Å². The van der Waals surface area contributed by atoms with Crippen LogP contribution in [0.3, 0.4) is 0 Å². The molecule has 1 atom stereocenters. The third-order valence-corrected chi connectivity index (χ3v) is 5.15. The molecule has 0 spiro atoms. The molecule has 1 unspecified atom stereocenters. The van der Waals surface area contributed by atoms with Gasteiger partial charge in [-0.05, 0) is 28.4 Å². The molecule has 0 saturated heterocycles. The van der Waals surface area contributed by atoms with Gasteiger partial charge < -0.3 is 5.73 Å². The number of aryl methyl sites for hydroxylation is 2. The molecular weight excluding hydrogens is 314 g/mol. The first-order valence-electron chi connectivity index (χ1n) is 6.83. The van der Waals surface area contributed by atoms with Gasteiger partial charge in [0.1, 0.15) is 0 Å². The van der Waals surface area contributed by atoms with Gasteiger partial charge in [0.25, 0.3) is 0 Å². The first kappa shape index (κ1) is 15.3. The smallest absolute Gasteiger partial charge is 0.0738 e. The number of hydrogen-bond donors (Lipinski definition) is 1. The van der Waals surface area contributed by atoms with Crippen molar-refractivity contribution in [1.29, 1.82) is 0 Å². The van der Waals surface area contributed by atoms with Gasteiger partial charge in [0.2, 0.25) is 0 Å². The molecule has 1 heterocycles. The third-order valence-electron chi connectivity index (χ3n) is 4.12. The van der Waals surface area contributed by atoms with Crippen molar-refractivity contribution in [3.63, 3.8) is 0 Å². The van der Waals surface area contributed by atoms with E-state index in [0.29, 0.717) is 0 Å². The van der Waals surface area contributed by atoms with E-state index in [0.717, 1.165) is 22.3 Å². The van der Waals surface area contributed by atoms with E-state index in [1.165, 1.54) is 5.56 Å². The Morgan fingerprint density at radius 2 is 1.90 bits per heavy atom. The highest BCUT2D eigenvalue weighted by molar-refractivity contribution is 9.10. The van der Waals surface area contributed by atoms with E-state index in [9.17, 15) is 0 Å². The number of benzene rings is 1. The largest absolute Gasteiger partial charge is 0.327 e. The fourth-order valence-electron chi connectivity index (χ4n) is 2.45. The van der Waals surface area contributed by atoms with Gasteiger partial charge in [-0.15, -0.1) is 0 Å². The normalized spacial score (nSPS) is 13.5. The lowest BCUT2D eigenvalue weighted by molar-refractivity contribution is 0.399. The summed E-state index contributed by atoms with van der Waals surface area (Å²) in [6.45, 7) is 6.40. The molecule has 0 aliphatic carbocycles. The van der Waals surface area contributed by atoms with Crippen molar-refractivity contribution in [3.8, 4) is 0 Å². The Morgan fingerprint density at radius 3 is 2.40 bits per heavy atom. The number of aromatic nitrogens is 2. The second-order valence-corrected chi connectivity index (χ2v) is 6.66. The molecule has 0 radical (unpaired) electrons. The number of hydrogen-bond acceptors (Lipinski definition) is 2. The van der Waals surface area contributed by atoms with Crippen molar-refractivity contribution in [1.82, 2.24) is 9.78 Å². The Labute approximate surface area is 129 Å². The monoisotopic (exact) mass is 335 g/mol. The van der Waals surface area contributed by atoms with Crippen LogP contribution in [-0.2, 0) is 18.9 Å². The van der Waals surface area contributed by atoms with Crippen molar-refractivity contribution in [2.45, 2.75) is 38.6 Å². The summed E-state index contributed by atoms with van der Waals surface area (Å²) in [7, 11) is 1.97. The molecule has 1 aromatic carbocycles. The van der Waals surface area contributed by atoms with Gasteiger partial charge in [-0.2, -0.15) is 5.10 Å². The first-order valence-corrected chi connectivity index (χ1v) is 7.62. The lowest BCUT2D eigenvalue weighted by Gasteiger charge is -2.32. The number of halogens is 1. The molecule has 4 heteroatoms. The summed E-state index contributed by atoms with van der Waals surface area (Å²) >= 11 is 3.61. The Balaban J connectivity index is 2.25. The van der Waals surface area contributed by atoms with E-state index in [1.54, 1.807) is 0 Å². The molecule has 0 saturated carbocycles. The van der Waals surface area contributed by atoms with Crippen LogP contribution >= 0.6 is 15.9 Å². The lowest BCUT2D eigenvalue weighted by Crippen LogP contribution is -2.42. The zero-order valence-electron chi connectivity index (χ0n) is 12.5. The van der Waals surface area contributed by atoms with Gasteiger partial charge in [0, 0.05) is 24.9 Å². The fourth-order valence-corrected chi connectivity index (χ4v) is 2.94. The van der Waals surface area contributed by atoms with Gasteiger partial charge in [-0.1, -0.05) is 44.2 Å². The van der Waals surface area contributed by atoms with E-state index in [2.05, 4.69) is 59.1 Å². The van der Waals surface area contributed by atoms with E-state index in [-0.39, 0.29) is 11.5 Å². The molecule has 0 bridgehead atoms. The average molecular weight is 336 g/mol. The quantitative estimate of drug-likeness (QED) is 0.931. The van der Waals surface area contributed by atoms with E-state index < -0.39 is 0 Å². The summed E-state index contributed by atoms with van der Waals surface area (Å²) in [6, 6.07) is 10.5. The molecule has 0 fully saturated rings. The fraction of sp³-hybridized carbons (Fsp3) is 0.438. The van der Waals surface area contributed by atoms with Gasteiger partial charge in [-0.25, -0.2) is 0 Å². The van der Waals surface area contributed by atoms with E-state index >= 15 is 0 Å². The molecule has 3 nitrogen and oxygen atoms in total. The molecule has 108 valence electrons. The molecule has 2 aromatic rings. The average Bonchev–Trinajstić information content (AvgIpc) is 2.66. The maximum absolute atomic E-state index is 6.50. The third kappa shape index (κ3) is 2.81. The highest BCUT2D eigenvalue weighted by atomic mass is 79.9. The Hall–Kier alpha value is -1.13. The maximum Gasteiger partial charge on any atom is 0.0738 e. The predicted octanol–water partition coefficient (Wildman–Crippen LogP) is 3.34. The van der Waals surface area contributed by atoms with Crippen molar-refractivity contribution in [2.75, 3.05) is 0 Å². The van der Waals surface area contributed by atoms with Crippen LogP contribution < -0.4 is 5.73 Å². The summed E-state index contributed by atoms with van der Waals surface area (Å²) < 4.78 is 2.99. The van der Waals surface area contributed by atoms with Crippen LogP contribution in [0.1, 0.15) is 30.8 Å². The second kappa shape index (κ2) is 5.70. The number of rotatable bonds is 4. The van der Waals surface area contributed by atoms with Crippen molar-refractivity contribution in [3.05, 3.63) is 51.8 Å². The molecule has 2 rings (SSSR count). The molecule has 0 aliphatic rings. The lowest BCUT2D eigenvalue weighted by atomic mass is 9.76. The van der Waals surface area contributed by atoms with Crippen LogP contribution in [-0.4, -0.2) is 15.8 Å². The van der Waals surface area contributed by atoms with Crippen LogP contribution in [0.2, 0.25) is 0 Å². The highest BCUT2D eigenvalue weighted by Gasteiger charge is 2.30.